The summed E-state index contributed by atoms with van der Waals surface area (Å²) in [5, 5.41) is 0. The molecule has 1 heteroatoms. The van der Waals surface area contributed by atoms with Crippen LogP contribution < -0.4 is 0 Å². The lowest BCUT2D eigenvalue weighted by Gasteiger charge is -2.24. The van der Waals surface area contributed by atoms with Crippen LogP contribution in [-0.4, -0.2) is 7.28 Å². The number of rotatable bonds is 1. The fourth-order valence-corrected chi connectivity index (χ4v) is 1.62. The molecular weight excluding hydrogens is 107 g/mol. The molecule has 1 aliphatic carbocycles. The zero-order chi connectivity index (χ0) is 6.69. The molecule has 1 aliphatic rings. The van der Waals surface area contributed by atoms with Crippen LogP contribution in [0.3, 0.4) is 0 Å². The van der Waals surface area contributed by atoms with Crippen molar-refractivity contribution in [3.05, 3.63) is 0 Å². The molecular formula is C8H16B. The lowest BCUT2D eigenvalue weighted by molar-refractivity contribution is 0.384. The van der Waals surface area contributed by atoms with Gasteiger partial charge in [-0.3, -0.25) is 0 Å². The van der Waals surface area contributed by atoms with E-state index < -0.39 is 0 Å². The van der Waals surface area contributed by atoms with Crippen LogP contribution in [0.4, 0.5) is 0 Å². The van der Waals surface area contributed by atoms with E-state index in [0.29, 0.717) is 0 Å². The predicted molar refractivity (Wildman–Crippen MR) is 43.0 cm³/mol. The lowest BCUT2D eigenvalue weighted by Crippen LogP contribution is -2.10. The molecule has 0 nitrogen and oxygen atoms in total. The summed E-state index contributed by atoms with van der Waals surface area (Å²) in [7, 11) is 2.37. The normalized spacial score (nSPS) is 36.2. The molecule has 1 rings (SSSR count). The minimum absolute atomic E-state index is 0.946. The third-order valence-corrected chi connectivity index (χ3v) is 2.53. The first-order chi connectivity index (χ1) is 4.33. The minimum Gasteiger partial charge on any atom is -0.0917 e. The summed E-state index contributed by atoms with van der Waals surface area (Å²) in [6.07, 6.45) is 5.79. The molecule has 0 N–H and O–H groups in total. The summed E-state index contributed by atoms with van der Waals surface area (Å²) in [6.45, 7) is 4.56. The average Bonchev–Trinajstić information content (AvgIpc) is 1.90. The van der Waals surface area contributed by atoms with Gasteiger partial charge in [0.15, 0.2) is 0 Å². The van der Waals surface area contributed by atoms with Crippen LogP contribution in [0.25, 0.3) is 0 Å². The lowest BCUT2D eigenvalue weighted by atomic mass is 9.60. The van der Waals surface area contributed by atoms with E-state index in [1.54, 1.807) is 0 Å². The van der Waals surface area contributed by atoms with Crippen molar-refractivity contribution in [1.82, 2.24) is 0 Å². The maximum atomic E-state index is 2.37. The van der Waals surface area contributed by atoms with Crippen LogP contribution in [0.1, 0.15) is 32.6 Å². The highest BCUT2D eigenvalue weighted by molar-refractivity contribution is 6.35. The van der Waals surface area contributed by atoms with E-state index in [2.05, 4.69) is 21.0 Å². The highest BCUT2D eigenvalue weighted by atomic mass is 14.2. The maximum absolute atomic E-state index is 2.37. The van der Waals surface area contributed by atoms with Gasteiger partial charge < -0.3 is 0 Å². The maximum Gasteiger partial charge on any atom is 0.110 e. The van der Waals surface area contributed by atoms with Crippen molar-refractivity contribution in [2.24, 2.45) is 5.92 Å². The number of hydrogen-bond acceptors (Lipinski definition) is 0. The van der Waals surface area contributed by atoms with Crippen molar-refractivity contribution in [1.29, 1.82) is 0 Å². The fourth-order valence-electron chi connectivity index (χ4n) is 1.62. The van der Waals surface area contributed by atoms with Gasteiger partial charge in [0.05, 0.1) is 0 Å². The molecule has 0 aliphatic heterocycles. The van der Waals surface area contributed by atoms with Crippen LogP contribution in [0.5, 0.6) is 0 Å². The van der Waals surface area contributed by atoms with E-state index in [-0.39, 0.29) is 0 Å². The second-order valence-corrected chi connectivity index (χ2v) is 3.35. The van der Waals surface area contributed by atoms with Crippen molar-refractivity contribution in [3.8, 4) is 0 Å². The monoisotopic (exact) mass is 123 g/mol. The molecule has 0 aromatic rings. The fraction of sp³-hybridized carbons (Fsp3) is 1.00. The molecule has 0 saturated heterocycles. The summed E-state index contributed by atoms with van der Waals surface area (Å²) in [5.41, 5.74) is 0. The van der Waals surface area contributed by atoms with Crippen LogP contribution in [0, 0.1) is 5.92 Å². The van der Waals surface area contributed by atoms with E-state index in [0.717, 1.165) is 11.7 Å². The zero-order valence-electron chi connectivity index (χ0n) is 6.56. The van der Waals surface area contributed by atoms with Crippen LogP contribution in [-0.2, 0) is 0 Å². The third-order valence-electron chi connectivity index (χ3n) is 2.53. The van der Waals surface area contributed by atoms with Gasteiger partial charge in [0.2, 0.25) is 0 Å². The Labute approximate surface area is 59.3 Å². The van der Waals surface area contributed by atoms with Gasteiger partial charge in [0, 0.05) is 0 Å². The third kappa shape index (κ3) is 2.04. The Bertz CT molecular complexity index is 72.6. The van der Waals surface area contributed by atoms with Crippen molar-refractivity contribution in [3.63, 3.8) is 0 Å². The van der Waals surface area contributed by atoms with Gasteiger partial charge in [-0.25, -0.2) is 0 Å². The second kappa shape index (κ2) is 3.29. The highest BCUT2D eigenvalue weighted by Gasteiger charge is 2.15. The molecule has 0 spiro atoms. The van der Waals surface area contributed by atoms with Crippen molar-refractivity contribution < 1.29 is 0 Å². The van der Waals surface area contributed by atoms with Gasteiger partial charge in [-0.05, 0) is 5.92 Å². The Hall–Kier alpha value is 0.0649. The number of hydrogen-bond donors (Lipinski definition) is 0. The largest absolute Gasteiger partial charge is 0.110 e. The topological polar surface area (TPSA) is 0 Å². The Morgan fingerprint density at radius 2 is 1.67 bits per heavy atom. The summed E-state index contributed by atoms with van der Waals surface area (Å²) in [4.78, 5) is 0. The van der Waals surface area contributed by atoms with E-state index in [1.807, 2.05) is 0 Å². The summed E-state index contributed by atoms with van der Waals surface area (Å²) in [5.74, 6) is 1.95. The molecule has 0 bridgehead atoms. The molecule has 1 saturated carbocycles. The SMILES string of the molecule is C[B]C1CCC(C)CC1. The van der Waals surface area contributed by atoms with Crippen LogP contribution in [0.2, 0.25) is 12.6 Å². The molecule has 9 heavy (non-hydrogen) atoms. The summed E-state index contributed by atoms with van der Waals surface area (Å²) < 4.78 is 0. The standard InChI is InChI=1S/C8H16B/c1-7-3-5-8(9-2)6-4-7/h7-8H,3-6H2,1-2H3. The molecule has 0 heterocycles. The molecule has 0 amide bonds. The van der Waals surface area contributed by atoms with Crippen LogP contribution >= 0.6 is 0 Å². The Balaban J connectivity index is 2.18. The Morgan fingerprint density at radius 3 is 2.11 bits per heavy atom. The first-order valence-electron chi connectivity index (χ1n) is 4.12. The van der Waals surface area contributed by atoms with Crippen molar-refractivity contribution in [2.45, 2.75) is 45.2 Å². The van der Waals surface area contributed by atoms with Gasteiger partial charge in [-0.15, -0.1) is 0 Å². The Kier molecular flexibility index (Phi) is 2.62. The zero-order valence-corrected chi connectivity index (χ0v) is 6.56. The van der Waals surface area contributed by atoms with Crippen LogP contribution in [0.15, 0.2) is 0 Å². The minimum atomic E-state index is 0.946. The first-order valence-corrected chi connectivity index (χ1v) is 4.12. The van der Waals surface area contributed by atoms with Crippen molar-refractivity contribution >= 4 is 7.28 Å². The van der Waals surface area contributed by atoms with Gasteiger partial charge in [-0.1, -0.05) is 45.2 Å². The van der Waals surface area contributed by atoms with E-state index >= 15 is 0 Å². The molecule has 1 fully saturated rings. The molecule has 0 aromatic carbocycles. The summed E-state index contributed by atoms with van der Waals surface area (Å²) in [6, 6.07) is 0. The quantitative estimate of drug-likeness (QED) is 0.470. The predicted octanol–water partition coefficient (Wildman–Crippen LogP) is 2.74. The van der Waals surface area contributed by atoms with Gasteiger partial charge in [0.25, 0.3) is 0 Å². The average molecular weight is 123 g/mol. The van der Waals surface area contributed by atoms with E-state index in [1.165, 1.54) is 25.7 Å². The second-order valence-electron chi connectivity index (χ2n) is 3.35. The molecule has 0 unspecified atom stereocenters. The van der Waals surface area contributed by atoms with Crippen molar-refractivity contribution in [2.75, 3.05) is 0 Å². The van der Waals surface area contributed by atoms with E-state index in [4.69, 9.17) is 0 Å². The van der Waals surface area contributed by atoms with Gasteiger partial charge in [-0.2, -0.15) is 0 Å². The molecule has 0 aromatic heterocycles. The Morgan fingerprint density at radius 1 is 1.11 bits per heavy atom. The highest BCUT2D eigenvalue weighted by Crippen LogP contribution is 2.31. The molecule has 51 valence electrons. The van der Waals surface area contributed by atoms with Gasteiger partial charge >= 0.3 is 0 Å². The molecule has 0 atom stereocenters. The first kappa shape index (κ1) is 7.18. The smallest absolute Gasteiger partial charge is 0.0917 e. The van der Waals surface area contributed by atoms with E-state index in [9.17, 15) is 0 Å². The summed E-state index contributed by atoms with van der Waals surface area (Å²) >= 11 is 0. The molecule has 1 radical (unpaired) electrons. The van der Waals surface area contributed by atoms with Gasteiger partial charge in [0.1, 0.15) is 7.28 Å².